The van der Waals surface area contributed by atoms with Crippen molar-refractivity contribution in [3.63, 3.8) is 0 Å². The second kappa shape index (κ2) is 8.15. The van der Waals surface area contributed by atoms with Crippen molar-refractivity contribution in [3.8, 4) is 5.75 Å². The van der Waals surface area contributed by atoms with E-state index in [-0.39, 0.29) is 12.5 Å². The van der Waals surface area contributed by atoms with E-state index < -0.39 is 5.97 Å². The lowest BCUT2D eigenvalue weighted by atomic mass is 10.1. The summed E-state index contributed by atoms with van der Waals surface area (Å²) < 4.78 is 10.6. The lowest BCUT2D eigenvalue weighted by Crippen LogP contribution is -2.21. The number of benzene rings is 2. The smallest absolute Gasteiger partial charge is 0.338 e. The molecule has 0 aliphatic heterocycles. The molecule has 5 nitrogen and oxygen atoms in total. The fourth-order valence-corrected chi connectivity index (χ4v) is 2.30. The highest BCUT2D eigenvalue weighted by Crippen LogP contribution is 2.22. The number of para-hydroxylation sites is 1. The third-order valence-corrected chi connectivity index (χ3v) is 3.41. The van der Waals surface area contributed by atoms with Crippen LogP contribution in [0.2, 0.25) is 0 Å². The Labute approximate surface area is 141 Å². The Morgan fingerprint density at radius 2 is 1.71 bits per heavy atom. The van der Waals surface area contributed by atoms with Crippen LogP contribution in [0.1, 0.15) is 28.4 Å². The molecular formula is C19H21NO4. The largest absolute Gasteiger partial charge is 0.483 e. The number of hydrogen-bond acceptors (Lipinski definition) is 4. The van der Waals surface area contributed by atoms with Gasteiger partial charge in [-0.3, -0.25) is 4.79 Å². The number of hydrogen-bond donors (Lipinski definition) is 1. The molecule has 1 N–H and O–H groups in total. The van der Waals surface area contributed by atoms with Crippen molar-refractivity contribution in [2.24, 2.45) is 0 Å². The second-order valence-corrected chi connectivity index (χ2v) is 5.36. The van der Waals surface area contributed by atoms with Gasteiger partial charge in [0.25, 0.3) is 5.91 Å². The molecule has 0 spiro atoms. The summed E-state index contributed by atoms with van der Waals surface area (Å²) in [7, 11) is 0. The van der Waals surface area contributed by atoms with E-state index in [1.54, 1.807) is 31.2 Å². The van der Waals surface area contributed by atoms with Crippen LogP contribution in [0.4, 0.5) is 5.69 Å². The molecule has 0 aliphatic rings. The summed E-state index contributed by atoms with van der Waals surface area (Å²) in [6, 6.07) is 12.4. The van der Waals surface area contributed by atoms with Crippen molar-refractivity contribution in [3.05, 3.63) is 59.2 Å². The Bertz CT molecular complexity index is 720. The van der Waals surface area contributed by atoms with Crippen molar-refractivity contribution in [2.75, 3.05) is 18.5 Å². The summed E-state index contributed by atoms with van der Waals surface area (Å²) in [6.07, 6.45) is 0. The van der Waals surface area contributed by atoms with Crippen LogP contribution in [0.5, 0.6) is 5.75 Å². The molecule has 2 rings (SSSR count). The molecule has 0 saturated carbocycles. The Morgan fingerprint density at radius 3 is 2.38 bits per heavy atom. The van der Waals surface area contributed by atoms with E-state index in [1.807, 2.05) is 32.0 Å². The van der Waals surface area contributed by atoms with Crippen LogP contribution in [0, 0.1) is 13.8 Å². The average Bonchev–Trinajstić information content (AvgIpc) is 2.55. The zero-order valence-electron chi connectivity index (χ0n) is 14.1. The van der Waals surface area contributed by atoms with Crippen molar-refractivity contribution < 1.29 is 19.1 Å². The second-order valence-electron chi connectivity index (χ2n) is 5.36. The minimum atomic E-state index is -0.416. The minimum absolute atomic E-state index is 0.102. The van der Waals surface area contributed by atoms with Gasteiger partial charge in [0.15, 0.2) is 6.61 Å². The number of aryl methyl sites for hydroxylation is 2. The van der Waals surface area contributed by atoms with Crippen LogP contribution in [-0.4, -0.2) is 25.1 Å². The molecule has 0 atom stereocenters. The Kier molecular flexibility index (Phi) is 5.95. The van der Waals surface area contributed by atoms with E-state index in [0.29, 0.717) is 23.6 Å². The summed E-state index contributed by atoms with van der Waals surface area (Å²) >= 11 is 0. The van der Waals surface area contributed by atoms with Gasteiger partial charge >= 0.3 is 5.97 Å². The first-order chi connectivity index (χ1) is 11.5. The van der Waals surface area contributed by atoms with Crippen LogP contribution >= 0.6 is 0 Å². The molecule has 0 aliphatic carbocycles. The molecule has 0 radical (unpaired) electrons. The van der Waals surface area contributed by atoms with E-state index in [2.05, 4.69) is 5.32 Å². The molecule has 2 aromatic carbocycles. The third kappa shape index (κ3) is 4.59. The van der Waals surface area contributed by atoms with Crippen LogP contribution < -0.4 is 10.1 Å². The molecular weight excluding hydrogens is 306 g/mol. The standard InChI is InChI=1S/C19H21NO4/c1-4-23-19(22)15-9-6-10-16(11-15)20-17(21)12-24-18-13(2)7-5-8-14(18)3/h5-11H,4,12H2,1-3H3,(H,20,21). The topological polar surface area (TPSA) is 64.6 Å². The quantitative estimate of drug-likeness (QED) is 0.825. The number of ether oxygens (including phenoxy) is 2. The summed E-state index contributed by atoms with van der Waals surface area (Å²) in [5, 5.41) is 2.72. The molecule has 1 amide bonds. The number of anilines is 1. The normalized spacial score (nSPS) is 10.1. The molecule has 2 aromatic rings. The number of rotatable bonds is 6. The van der Waals surface area contributed by atoms with E-state index >= 15 is 0 Å². The van der Waals surface area contributed by atoms with E-state index in [1.165, 1.54) is 0 Å². The van der Waals surface area contributed by atoms with Gasteiger partial charge in [-0.1, -0.05) is 24.3 Å². The molecule has 126 valence electrons. The van der Waals surface area contributed by atoms with Gasteiger partial charge < -0.3 is 14.8 Å². The van der Waals surface area contributed by atoms with Gasteiger partial charge in [0.1, 0.15) is 5.75 Å². The van der Waals surface area contributed by atoms with Crippen molar-refractivity contribution in [1.29, 1.82) is 0 Å². The molecule has 24 heavy (non-hydrogen) atoms. The first kappa shape index (κ1) is 17.5. The van der Waals surface area contributed by atoms with Gasteiger partial charge in [-0.25, -0.2) is 4.79 Å². The first-order valence-electron chi connectivity index (χ1n) is 7.77. The highest BCUT2D eigenvalue weighted by molar-refractivity contribution is 5.95. The predicted octanol–water partition coefficient (Wildman–Crippen LogP) is 3.50. The lowest BCUT2D eigenvalue weighted by molar-refractivity contribution is -0.118. The highest BCUT2D eigenvalue weighted by atomic mass is 16.5. The Hall–Kier alpha value is -2.82. The maximum atomic E-state index is 12.1. The summed E-state index contributed by atoms with van der Waals surface area (Å²) in [5.74, 6) is 0.00645. The summed E-state index contributed by atoms with van der Waals surface area (Å²) in [5.41, 5.74) is 2.88. The molecule has 0 unspecified atom stereocenters. The predicted molar refractivity (Wildman–Crippen MR) is 92.4 cm³/mol. The number of esters is 1. The zero-order valence-corrected chi connectivity index (χ0v) is 14.1. The number of carbonyl (C=O) groups is 2. The zero-order chi connectivity index (χ0) is 17.5. The molecule has 0 saturated heterocycles. The van der Waals surface area contributed by atoms with Gasteiger partial charge in [-0.05, 0) is 50.1 Å². The SMILES string of the molecule is CCOC(=O)c1cccc(NC(=O)COc2c(C)cccc2C)c1. The fraction of sp³-hybridized carbons (Fsp3) is 0.263. The molecule has 0 fully saturated rings. The van der Waals surface area contributed by atoms with Gasteiger partial charge in [0, 0.05) is 5.69 Å². The van der Waals surface area contributed by atoms with Crippen molar-refractivity contribution in [2.45, 2.75) is 20.8 Å². The number of nitrogens with one attached hydrogen (secondary N) is 1. The molecule has 5 heteroatoms. The number of amides is 1. The van der Waals surface area contributed by atoms with Crippen LogP contribution in [0.25, 0.3) is 0 Å². The minimum Gasteiger partial charge on any atom is -0.483 e. The Balaban J connectivity index is 1.97. The summed E-state index contributed by atoms with van der Waals surface area (Å²) in [6.45, 7) is 5.81. The monoisotopic (exact) mass is 327 g/mol. The average molecular weight is 327 g/mol. The van der Waals surface area contributed by atoms with Gasteiger partial charge in [-0.15, -0.1) is 0 Å². The van der Waals surface area contributed by atoms with Crippen molar-refractivity contribution in [1.82, 2.24) is 0 Å². The van der Waals surface area contributed by atoms with E-state index in [9.17, 15) is 9.59 Å². The van der Waals surface area contributed by atoms with Gasteiger partial charge in [0.2, 0.25) is 0 Å². The lowest BCUT2D eigenvalue weighted by Gasteiger charge is -2.12. The van der Waals surface area contributed by atoms with Crippen LogP contribution in [-0.2, 0) is 9.53 Å². The highest BCUT2D eigenvalue weighted by Gasteiger charge is 2.10. The maximum absolute atomic E-state index is 12.1. The van der Waals surface area contributed by atoms with E-state index in [0.717, 1.165) is 11.1 Å². The molecule has 0 bridgehead atoms. The van der Waals surface area contributed by atoms with Gasteiger partial charge in [-0.2, -0.15) is 0 Å². The van der Waals surface area contributed by atoms with Crippen LogP contribution in [0.3, 0.4) is 0 Å². The van der Waals surface area contributed by atoms with E-state index in [4.69, 9.17) is 9.47 Å². The van der Waals surface area contributed by atoms with Gasteiger partial charge in [0.05, 0.1) is 12.2 Å². The molecule has 0 heterocycles. The molecule has 0 aromatic heterocycles. The van der Waals surface area contributed by atoms with Crippen molar-refractivity contribution >= 4 is 17.6 Å². The fourth-order valence-electron chi connectivity index (χ4n) is 2.30. The van der Waals surface area contributed by atoms with Crippen LogP contribution in [0.15, 0.2) is 42.5 Å². The Morgan fingerprint density at radius 1 is 1.04 bits per heavy atom. The maximum Gasteiger partial charge on any atom is 0.338 e. The summed E-state index contributed by atoms with van der Waals surface area (Å²) in [4.78, 5) is 23.8. The first-order valence-corrected chi connectivity index (χ1v) is 7.77. The third-order valence-electron chi connectivity index (χ3n) is 3.41. The number of carbonyl (C=O) groups excluding carboxylic acids is 2.